The maximum absolute atomic E-state index is 10.9. The number of aromatic hydroxyl groups is 1. The number of phenolic OH excluding ortho intramolecular Hbond substituents is 1. The molecule has 0 aliphatic carbocycles. The molecule has 25 heavy (non-hydrogen) atoms. The minimum atomic E-state index is -0.117. The summed E-state index contributed by atoms with van der Waals surface area (Å²) in [5, 5.41) is 12.3. The van der Waals surface area contributed by atoms with Crippen LogP contribution in [-0.4, -0.2) is 41.4 Å². The number of phenols is 1. The van der Waals surface area contributed by atoms with E-state index in [9.17, 15) is 5.11 Å². The smallest absolute Gasteiger partial charge is 0.160 e. The Kier molecular flexibility index (Phi) is 4.53. The summed E-state index contributed by atoms with van der Waals surface area (Å²) in [4.78, 5) is 10.2. The van der Waals surface area contributed by atoms with Crippen LogP contribution in [-0.2, 0) is 4.74 Å². The summed E-state index contributed by atoms with van der Waals surface area (Å²) in [6.45, 7) is 3.08. The van der Waals surface area contributed by atoms with Crippen LogP contribution < -0.4 is 4.90 Å². The van der Waals surface area contributed by atoms with E-state index in [4.69, 9.17) is 16.3 Å². The van der Waals surface area contributed by atoms with Gasteiger partial charge in [-0.05, 0) is 30.3 Å². The number of pyridine rings is 2. The van der Waals surface area contributed by atoms with Gasteiger partial charge in [-0.3, -0.25) is 9.97 Å². The monoisotopic (exact) mass is 356 g/mol. The van der Waals surface area contributed by atoms with Crippen molar-refractivity contribution in [1.29, 1.82) is 0 Å². The van der Waals surface area contributed by atoms with E-state index in [1.165, 1.54) is 4.90 Å². The zero-order valence-electron chi connectivity index (χ0n) is 13.7. The van der Waals surface area contributed by atoms with Gasteiger partial charge in [-0.15, -0.1) is 0 Å². The number of fused-ring (bicyclic) bond motifs is 1. The Hall–Kier alpha value is -2.21. The molecule has 2 aromatic heterocycles. The normalized spacial score (nSPS) is 16.8. The summed E-state index contributed by atoms with van der Waals surface area (Å²) in [7, 11) is 0. The molecule has 1 saturated heterocycles. The number of aromatic nitrogens is 2. The molecule has 5 nitrogen and oxygen atoms in total. The second-order valence-electron chi connectivity index (χ2n) is 6.15. The molecule has 0 radical (unpaired) electrons. The number of quaternary nitrogens is 1. The summed E-state index contributed by atoms with van der Waals surface area (Å²) in [5.74, 6) is 0.176. The Morgan fingerprint density at radius 3 is 2.64 bits per heavy atom. The predicted molar refractivity (Wildman–Crippen MR) is 96.0 cm³/mol. The summed E-state index contributed by atoms with van der Waals surface area (Å²) < 4.78 is 5.50. The van der Waals surface area contributed by atoms with Crippen molar-refractivity contribution >= 4 is 22.5 Å². The average Bonchev–Trinajstić information content (AvgIpc) is 2.68. The second kappa shape index (κ2) is 6.96. The van der Waals surface area contributed by atoms with Crippen LogP contribution >= 0.6 is 11.6 Å². The molecule has 0 bridgehead atoms. The van der Waals surface area contributed by atoms with E-state index >= 15 is 0 Å². The highest BCUT2D eigenvalue weighted by Gasteiger charge is 2.32. The van der Waals surface area contributed by atoms with Gasteiger partial charge in [0, 0.05) is 17.8 Å². The molecule has 0 saturated carbocycles. The summed E-state index contributed by atoms with van der Waals surface area (Å²) >= 11 is 6.50. The van der Waals surface area contributed by atoms with Crippen LogP contribution in [0.5, 0.6) is 5.75 Å². The largest absolute Gasteiger partial charge is 0.505 e. The number of benzene rings is 1. The Bertz CT molecular complexity index is 882. The first-order valence-corrected chi connectivity index (χ1v) is 8.73. The first-order valence-electron chi connectivity index (χ1n) is 8.35. The van der Waals surface area contributed by atoms with Crippen LogP contribution in [0, 0.1) is 0 Å². The molecule has 1 aliphatic heterocycles. The van der Waals surface area contributed by atoms with Crippen LogP contribution in [0.4, 0.5) is 0 Å². The Labute approximate surface area is 150 Å². The molecular weight excluding hydrogens is 338 g/mol. The van der Waals surface area contributed by atoms with E-state index in [0.29, 0.717) is 23.8 Å². The molecule has 1 fully saturated rings. The van der Waals surface area contributed by atoms with E-state index in [-0.39, 0.29) is 11.8 Å². The standard InChI is InChI=1S/C19H18ClN3O2/c20-15-12-14(19(24)17-13(15)4-3-7-22-17)18(16-5-1-2-6-21-16)23-8-10-25-11-9-23/h1-7,12,18,24H,8-11H2/p+1. The van der Waals surface area contributed by atoms with Gasteiger partial charge >= 0.3 is 0 Å². The second-order valence-corrected chi connectivity index (χ2v) is 6.56. The molecule has 3 heterocycles. The quantitative estimate of drug-likeness (QED) is 0.753. The summed E-state index contributed by atoms with van der Waals surface area (Å²) in [6.07, 6.45) is 3.44. The van der Waals surface area contributed by atoms with Gasteiger partial charge in [0.2, 0.25) is 0 Å². The van der Waals surface area contributed by atoms with Gasteiger partial charge in [0.15, 0.2) is 11.8 Å². The molecule has 0 amide bonds. The zero-order valence-corrected chi connectivity index (χ0v) is 14.4. The van der Waals surface area contributed by atoms with Crippen LogP contribution in [0.3, 0.4) is 0 Å². The predicted octanol–water partition coefficient (Wildman–Crippen LogP) is 1.99. The molecule has 6 heteroatoms. The third-order valence-corrected chi connectivity index (χ3v) is 5.00. The molecule has 4 rings (SSSR count). The number of ether oxygens (including phenoxy) is 1. The van der Waals surface area contributed by atoms with Gasteiger partial charge < -0.3 is 14.7 Å². The van der Waals surface area contributed by atoms with Gasteiger partial charge in [-0.2, -0.15) is 0 Å². The van der Waals surface area contributed by atoms with Gasteiger partial charge in [-0.25, -0.2) is 0 Å². The summed E-state index contributed by atoms with van der Waals surface area (Å²) in [5.41, 5.74) is 2.19. The van der Waals surface area contributed by atoms with E-state index in [0.717, 1.165) is 29.7 Å². The molecule has 3 aromatic rings. The molecule has 1 unspecified atom stereocenters. The van der Waals surface area contributed by atoms with Crippen molar-refractivity contribution in [3.8, 4) is 5.75 Å². The Morgan fingerprint density at radius 1 is 1.08 bits per heavy atom. The highest BCUT2D eigenvalue weighted by Crippen LogP contribution is 2.36. The average molecular weight is 357 g/mol. The van der Waals surface area contributed by atoms with E-state index < -0.39 is 0 Å². The maximum atomic E-state index is 10.9. The van der Waals surface area contributed by atoms with Crippen molar-refractivity contribution in [3.05, 3.63) is 65.1 Å². The molecule has 0 spiro atoms. The molecule has 1 aromatic carbocycles. The van der Waals surface area contributed by atoms with Crippen molar-refractivity contribution in [1.82, 2.24) is 9.97 Å². The first kappa shape index (κ1) is 16.3. The number of halogens is 1. The summed E-state index contributed by atoms with van der Waals surface area (Å²) in [6, 6.07) is 11.3. The number of nitrogens with zero attached hydrogens (tertiary/aromatic N) is 2. The van der Waals surface area contributed by atoms with Crippen molar-refractivity contribution in [2.45, 2.75) is 6.04 Å². The lowest BCUT2D eigenvalue weighted by Crippen LogP contribution is -3.14. The maximum Gasteiger partial charge on any atom is 0.160 e. The fourth-order valence-electron chi connectivity index (χ4n) is 3.48. The number of nitrogens with one attached hydrogen (secondary N) is 1. The minimum Gasteiger partial charge on any atom is -0.505 e. The van der Waals surface area contributed by atoms with Gasteiger partial charge in [0.25, 0.3) is 0 Å². The lowest BCUT2D eigenvalue weighted by atomic mass is 9.97. The Morgan fingerprint density at radius 2 is 1.88 bits per heavy atom. The highest BCUT2D eigenvalue weighted by molar-refractivity contribution is 6.35. The topological polar surface area (TPSA) is 59.7 Å². The fourth-order valence-corrected chi connectivity index (χ4v) is 3.75. The number of hydrogen-bond acceptors (Lipinski definition) is 4. The molecule has 1 aliphatic rings. The van der Waals surface area contributed by atoms with Crippen LogP contribution in [0.2, 0.25) is 5.02 Å². The van der Waals surface area contributed by atoms with E-state index in [1.54, 1.807) is 12.4 Å². The first-order chi connectivity index (χ1) is 12.3. The molecule has 1 atom stereocenters. The van der Waals surface area contributed by atoms with E-state index in [1.807, 2.05) is 36.4 Å². The third kappa shape index (κ3) is 3.06. The fraction of sp³-hybridized carbons (Fsp3) is 0.263. The van der Waals surface area contributed by atoms with Crippen molar-refractivity contribution in [3.63, 3.8) is 0 Å². The zero-order chi connectivity index (χ0) is 17.2. The molecule has 2 N–H and O–H groups in total. The van der Waals surface area contributed by atoms with Crippen molar-refractivity contribution in [2.75, 3.05) is 26.3 Å². The SMILES string of the molecule is Oc1c(C(c2ccccn2)[NH+]2CCOCC2)cc(Cl)c2cccnc12. The minimum absolute atomic E-state index is 0.117. The van der Waals surface area contributed by atoms with Gasteiger partial charge in [0.1, 0.15) is 24.3 Å². The Balaban J connectivity index is 1.90. The lowest BCUT2D eigenvalue weighted by Gasteiger charge is -2.32. The van der Waals surface area contributed by atoms with Crippen LogP contribution in [0.15, 0.2) is 48.8 Å². The van der Waals surface area contributed by atoms with Gasteiger partial charge in [0.05, 0.1) is 23.8 Å². The molecule has 128 valence electrons. The number of hydrogen-bond donors (Lipinski definition) is 2. The number of rotatable bonds is 3. The third-order valence-electron chi connectivity index (χ3n) is 4.68. The number of morpholine rings is 1. The van der Waals surface area contributed by atoms with Crippen LogP contribution in [0.25, 0.3) is 10.9 Å². The van der Waals surface area contributed by atoms with Gasteiger partial charge in [-0.1, -0.05) is 17.7 Å². The molecular formula is C19H19ClN3O2+. The van der Waals surface area contributed by atoms with Crippen molar-refractivity contribution < 1.29 is 14.7 Å². The van der Waals surface area contributed by atoms with Crippen molar-refractivity contribution in [2.24, 2.45) is 0 Å². The lowest BCUT2D eigenvalue weighted by molar-refractivity contribution is -0.933. The van der Waals surface area contributed by atoms with E-state index in [2.05, 4.69) is 9.97 Å². The van der Waals surface area contributed by atoms with Crippen LogP contribution in [0.1, 0.15) is 17.3 Å². The highest BCUT2D eigenvalue weighted by atomic mass is 35.5.